The van der Waals surface area contributed by atoms with Crippen molar-refractivity contribution in [1.82, 2.24) is 9.97 Å². The number of rotatable bonds is 3. The van der Waals surface area contributed by atoms with E-state index in [1.165, 1.54) is 0 Å². The summed E-state index contributed by atoms with van der Waals surface area (Å²) >= 11 is 5.98. The summed E-state index contributed by atoms with van der Waals surface area (Å²) in [5.74, 6) is 1.29. The Morgan fingerprint density at radius 2 is 2.20 bits per heavy atom. The van der Waals surface area contributed by atoms with Crippen LogP contribution in [-0.4, -0.2) is 29.3 Å². The van der Waals surface area contributed by atoms with Gasteiger partial charge in [-0.1, -0.05) is 18.5 Å². The van der Waals surface area contributed by atoms with Crippen LogP contribution in [0.1, 0.15) is 18.3 Å². The standard InChI is InChI=1S/C10H13ClN2O2/c1-3-8-12-9(11)6(2)10(13-8)15-7-4-14-5-7/h7H,3-5H2,1-2H3. The van der Waals surface area contributed by atoms with Gasteiger partial charge in [-0.15, -0.1) is 0 Å². The van der Waals surface area contributed by atoms with E-state index in [2.05, 4.69) is 9.97 Å². The van der Waals surface area contributed by atoms with Crippen molar-refractivity contribution in [3.05, 3.63) is 16.5 Å². The maximum atomic E-state index is 5.98. The van der Waals surface area contributed by atoms with Crippen molar-refractivity contribution in [2.75, 3.05) is 13.2 Å². The zero-order valence-corrected chi connectivity index (χ0v) is 9.54. The molecule has 0 amide bonds. The minimum atomic E-state index is 0.111. The summed E-state index contributed by atoms with van der Waals surface area (Å²) in [7, 11) is 0. The van der Waals surface area contributed by atoms with E-state index in [0.717, 1.165) is 12.0 Å². The third-order valence-electron chi connectivity index (χ3n) is 2.29. The Morgan fingerprint density at radius 3 is 2.73 bits per heavy atom. The second-order valence-electron chi connectivity index (χ2n) is 3.49. The Balaban J connectivity index is 2.23. The number of ether oxygens (including phenoxy) is 2. The quantitative estimate of drug-likeness (QED) is 0.740. The molecule has 1 fully saturated rings. The van der Waals surface area contributed by atoms with Gasteiger partial charge in [0.05, 0.1) is 13.2 Å². The lowest BCUT2D eigenvalue weighted by Crippen LogP contribution is -2.39. The molecule has 0 saturated carbocycles. The second kappa shape index (κ2) is 4.33. The number of halogens is 1. The van der Waals surface area contributed by atoms with Crippen molar-refractivity contribution < 1.29 is 9.47 Å². The fraction of sp³-hybridized carbons (Fsp3) is 0.600. The highest BCUT2D eigenvalue weighted by Crippen LogP contribution is 2.24. The molecule has 0 N–H and O–H groups in total. The van der Waals surface area contributed by atoms with Crippen molar-refractivity contribution >= 4 is 11.6 Å². The van der Waals surface area contributed by atoms with Crippen LogP contribution in [0.2, 0.25) is 5.15 Å². The molecule has 1 aromatic rings. The normalized spacial score (nSPS) is 16.2. The summed E-state index contributed by atoms with van der Waals surface area (Å²) < 4.78 is 10.7. The van der Waals surface area contributed by atoms with Gasteiger partial charge in [-0.2, -0.15) is 4.98 Å². The molecule has 1 saturated heterocycles. The molecule has 0 spiro atoms. The van der Waals surface area contributed by atoms with Crippen molar-refractivity contribution in [2.45, 2.75) is 26.4 Å². The van der Waals surface area contributed by atoms with Crippen molar-refractivity contribution in [2.24, 2.45) is 0 Å². The molecule has 4 nitrogen and oxygen atoms in total. The van der Waals surface area contributed by atoms with Crippen LogP contribution >= 0.6 is 11.6 Å². The van der Waals surface area contributed by atoms with Crippen LogP contribution in [0.4, 0.5) is 0 Å². The van der Waals surface area contributed by atoms with E-state index < -0.39 is 0 Å². The van der Waals surface area contributed by atoms with Crippen LogP contribution in [0.25, 0.3) is 0 Å². The molecule has 82 valence electrons. The molecule has 5 heteroatoms. The summed E-state index contributed by atoms with van der Waals surface area (Å²) in [6, 6.07) is 0. The zero-order chi connectivity index (χ0) is 10.8. The first-order valence-electron chi connectivity index (χ1n) is 4.98. The van der Waals surface area contributed by atoms with Gasteiger partial charge in [-0.3, -0.25) is 0 Å². The van der Waals surface area contributed by atoms with Crippen molar-refractivity contribution in [3.8, 4) is 5.88 Å². The monoisotopic (exact) mass is 228 g/mol. The number of nitrogens with zero attached hydrogens (tertiary/aromatic N) is 2. The summed E-state index contributed by atoms with van der Waals surface area (Å²) in [6.45, 7) is 5.10. The third-order valence-corrected chi connectivity index (χ3v) is 2.66. The van der Waals surface area contributed by atoms with Crippen LogP contribution in [0.15, 0.2) is 0 Å². The smallest absolute Gasteiger partial charge is 0.221 e. The average molecular weight is 229 g/mol. The van der Waals surface area contributed by atoms with E-state index in [4.69, 9.17) is 21.1 Å². The molecule has 1 aliphatic rings. The van der Waals surface area contributed by atoms with Gasteiger partial charge in [-0.05, 0) is 6.92 Å². The largest absolute Gasteiger partial charge is 0.469 e. The number of aromatic nitrogens is 2. The molecular weight excluding hydrogens is 216 g/mol. The van der Waals surface area contributed by atoms with E-state index in [0.29, 0.717) is 30.1 Å². The van der Waals surface area contributed by atoms with E-state index in [1.807, 2.05) is 13.8 Å². The predicted octanol–water partition coefficient (Wildman–Crippen LogP) is 1.78. The van der Waals surface area contributed by atoms with Crippen LogP contribution in [0, 0.1) is 6.92 Å². The highest BCUT2D eigenvalue weighted by molar-refractivity contribution is 6.30. The van der Waals surface area contributed by atoms with Crippen LogP contribution in [0.5, 0.6) is 5.88 Å². The lowest BCUT2D eigenvalue weighted by Gasteiger charge is -2.26. The van der Waals surface area contributed by atoms with Gasteiger partial charge >= 0.3 is 0 Å². The summed E-state index contributed by atoms with van der Waals surface area (Å²) in [4.78, 5) is 8.45. The molecule has 2 rings (SSSR count). The number of hydrogen-bond acceptors (Lipinski definition) is 4. The third kappa shape index (κ3) is 2.21. The second-order valence-corrected chi connectivity index (χ2v) is 3.85. The van der Waals surface area contributed by atoms with Gasteiger partial charge in [0.15, 0.2) is 0 Å². The van der Waals surface area contributed by atoms with E-state index in [1.54, 1.807) is 0 Å². The Labute approximate surface area is 93.6 Å². The molecule has 0 radical (unpaired) electrons. The molecule has 1 aromatic heterocycles. The Bertz CT molecular complexity index is 367. The molecule has 0 unspecified atom stereocenters. The zero-order valence-electron chi connectivity index (χ0n) is 8.79. The fourth-order valence-electron chi connectivity index (χ4n) is 1.22. The van der Waals surface area contributed by atoms with Gasteiger partial charge in [0.25, 0.3) is 0 Å². The van der Waals surface area contributed by atoms with Gasteiger partial charge in [0.1, 0.15) is 17.1 Å². The SMILES string of the molecule is CCc1nc(Cl)c(C)c(OC2COC2)n1. The first-order chi connectivity index (χ1) is 7.20. The summed E-state index contributed by atoms with van der Waals surface area (Å²) in [6.07, 6.45) is 0.858. The Morgan fingerprint density at radius 1 is 1.47 bits per heavy atom. The first kappa shape index (κ1) is 10.6. The van der Waals surface area contributed by atoms with Crippen LogP contribution in [0.3, 0.4) is 0 Å². The van der Waals surface area contributed by atoms with E-state index >= 15 is 0 Å². The Hall–Kier alpha value is -0.870. The predicted molar refractivity (Wildman–Crippen MR) is 56.4 cm³/mol. The highest BCUT2D eigenvalue weighted by Gasteiger charge is 2.22. The van der Waals surface area contributed by atoms with Gasteiger partial charge in [0.2, 0.25) is 5.88 Å². The first-order valence-corrected chi connectivity index (χ1v) is 5.36. The highest BCUT2D eigenvalue weighted by atomic mass is 35.5. The maximum absolute atomic E-state index is 5.98. The van der Waals surface area contributed by atoms with Gasteiger partial charge in [0, 0.05) is 12.0 Å². The number of hydrogen-bond donors (Lipinski definition) is 0. The lowest BCUT2D eigenvalue weighted by atomic mass is 10.3. The van der Waals surface area contributed by atoms with Gasteiger partial charge in [-0.25, -0.2) is 4.98 Å². The minimum absolute atomic E-state index is 0.111. The fourth-order valence-corrected chi connectivity index (χ4v) is 1.40. The average Bonchev–Trinajstić information content (AvgIpc) is 2.17. The molecular formula is C10H13ClN2O2. The maximum Gasteiger partial charge on any atom is 0.221 e. The lowest BCUT2D eigenvalue weighted by molar-refractivity contribution is -0.0816. The van der Waals surface area contributed by atoms with Crippen LogP contribution < -0.4 is 4.74 Å². The topological polar surface area (TPSA) is 44.2 Å². The van der Waals surface area contributed by atoms with E-state index in [9.17, 15) is 0 Å². The van der Waals surface area contributed by atoms with Crippen molar-refractivity contribution in [3.63, 3.8) is 0 Å². The number of aryl methyl sites for hydroxylation is 1. The molecule has 0 aromatic carbocycles. The molecule has 1 aliphatic heterocycles. The molecule has 2 heterocycles. The van der Waals surface area contributed by atoms with Crippen molar-refractivity contribution in [1.29, 1.82) is 0 Å². The summed E-state index contributed by atoms with van der Waals surface area (Å²) in [5, 5.41) is 0.470. The minimum Gasteiger partial charge on any atom is -0.469 e. The van der Waals surface area contributed by atoms with E-state index in [-0.39, 0.29) is 6.10 Å². The van der Waals surface area contributed by atoms with Gasteiger partial charge < -0.3 is 9.47 Å². The van der Waals surface area contributed by atoms with Crippen LogP contribution in [-0.2, 0) is 11.2 Å². The summed E-state index contributed by atoms with van der Waals surface area (Å²) in [5.41, 5.74) is 0.792. The molecule has 0 bridgehead atoms. The Kier molecular flexibility index (Phi) is 3.07. The molecule has 0 aliphatic carbocycles. The molecule has 0 atom stereocenters. The molecule has 15 heavy (non-hydrogen) atoms.